The summed E-state index contributed by atoms with van der Waals surface area (Å²) in [5.74, 6) is 0.162. The van der Waals surface area contributed by atoms with Gasteiger partial charge in [0.15, 0.2) is 0 Å². The van der Waals surface area contributed by atoms with Crippen molar-refractivity contribution in [2.24, 2.45) is 0 Å². The second-order valence-electron chi connectivity index (χ2n) is 7.30. The summed E-state index contributed by atoms with van der Waals surface area (Å²) >= 11 is 0. The van der Waals surface area contributed by atoms with E-state index in [0.29, 0.717) is 31.1 Å². The molecule has 3 aromatic carbocycles. The number of aromatic nitrogens is 2. The maximum absolute atomic E-state index is 12.9. The van der Waals surface area contributed by atoms with Gasteiger partial charge in [-0.15, -0.1) is 5.10 Å². The molecular weight excluding hydrogens is 386 g/mol. The first kappa shape index (κ1) is 20.4. The van der Waals surface area contributed by atoms with Crippen LogP contribution in [-0.4, -0.2) is 22.2 Å². The van der Waals surface area contributed by atoms with Crippen LogP contribution in [0.3, 0.4) is 0 Å². The molecule has 5 nitrogen and oxygen atoms in total. The Bertz CT molecular complexity index is 1090. The van der Waals surface area contributed by atoms with E-state index in [1.165, 1.54) is 5.56 Å². The summed E-state index contributed by atoms with van der Waals surface area (Å²) in [6.07, 6.45) is 2.52. The van der Waals surface area contributed by atoms with Crippen molar-refractivity contribution in [3.8, 4) is 5.88 Å². The second kappa shape index (κ2) is 10.3. The molecule has 1 aromatic heterocycles. The van der Waals surface area contributed by atoms with Gasteiger partial charge >= 0.3 is 0 Å². The molecule has 1 heterocycles. The molecule has 1 N–H and O–H groups in total. The highest BCUT2D eigenvalue weighted by Crippen LogP contribution is 2.19. The van der Waals surface area contributed by atoms with Gasteiger partial charge in [-0.25, -0.2) is 0 Å². The number of carbonyl (C=O) groups excluding carboxylic acids is 1. The number of rotatable bonds is 9. The Balaban J connectivity index is 1.46. The summed E-state index contributed by atoms with van der Waals surface area (Å²) in [5.41, 5.74) is 3.76. The summed E-state index contributed by atoms with van der Waals surface area (Å²) < 4.78 is 7.69. The zero-order valence-corrected chi connectivity index (χ0v) is 17.3. The standard InChI is InChI=1S/C26H25N3O2/c30-25(27-17-16-21-10-4-1-5-11-21)24-19-29(18-22-12-6-2-7-13-22)28-26(24)31-20-23-14-8-3-9-15-23/h1-15,19H,16-18,20H2,(H,27,30). The molecule has 0 saturated carbocycles. The normalized spacial score (nSPS) is 10.6. The highest BCUT2D eigenvalue weighted by atomic mass is 16.5. The van der Waals surface area contributed by atoms with Gasteiger partial charge in [-0.3, -0.25) is 9.48 Å². The predicted octanol–water partition coefficient (Wildman–Crippen LogP) is 4.48. The van der Waals surface area contributed by atoms with Gasteiger partial charge < -0.3 is 10.1 Å². The van der Waals surface area contributed by atoms with Crippen LogP contribution < -0.4 is 10.1 Å². The lowest BCUT2D eigenvalue weighted by atomic mass is 10.1. The van der Waals surface area contributed by atoms with Gasteiger partial charge in [-0.05, 0) is 23.1 Å². The molecule has 4 rings (SSSR count). The molecule has 1 amide bonds. The van der Waals surface area contributed by atoms with Crippen molar-refractivity contribution in [3.63, 3.8) is 0 Å². The molecule has 0 spiro atoms. The number of nitrogens with one attached hydrogen (secondary N) is 1. The zero-order valence-electron chi connectivity index (χ0n) is 17.3. The minimum Gasteiger partial charge on any atom is -0.471 e. The Morgan fingerprint density at radius 2 is 1.39 bits per heavy atom. The van der Waals surface area contributed by atoms with Crippen LogP contribution in [0.15, 0.2) is 97.2 Å². The van der Waals surface area contributed by atoms with Gasteiger partial charge in [0.05, 0.1) is 6.54 Å². The molecule has 5 heteroatoms. The summed E-state index contributed by atoms with van der Waals surface area (Å²) in [6.45, 7) is 1.47. The molecule has 31 heavy (non-hydrogen) atoms. The Hall–Kier alpha value is -3.86. The molecule has 0 unspecified atom stereocenters. The molecule has 0 aliphatic rings. The Kier molecular flexibility index (Phi) is 6.75. The number of amides is 1. The van der Waals surface area contributed by atoms with E-state index in [4.69, 9.17) is 4.74 Å². The van der Waals surface area contributed by atoms with E-state index >= 15 is 0 Å². The van der Waals surface area contributed by atoms with Crippen molar-refractivity contribution in [1.82, 2.24) is 15.1 Å². The molecular formula is C26H25N3O2. The van der Waals surface area contributed by atoms with Crippen LogP contribution in [0.5, 0.6) is 5.88 Å². The summed E-state index contributed by atoms with van der Waals surface area (Å²) in [6, 6.07) is 30.0. The number of benzene rings is 3. The summed E-state index contributed by atoms with van der Waals surface area (Å²) in [4.78, 5) is 12.9. The lowest BCUT2D eigenvalue weighted by molar-refractivity contribution is 0.0949. The van der Waals surface area contributed by atoms with Gasteiger partial charge in [0.2, 0.25) is 5.88 Å². The van der Waals surface area contributed by atoms with E-state index in [1.54, 1.807) is 10.9 Å². The van der Waals surface area contributed by atoms with Crippen LogP contribution in [0.2, 0.25) is 0 Å². The fourth-order valence-electron chi connectivity index (χ4n) is 3.30. The first-order valence-electron chi connectivity index (χ1n) is 10.4. The van der Waals surface area contributed by atoms with Gasteiger partial charge in [0, 0.05) is 12.7 Å². The van der Waals surface area contributed by atoms with E-state index < -0.39 is 0 Å². The van der Waals surface area contributed by atoms with Crippen molar-refractivity contribution < 1.29 is 9.53 Å². The number of hydrogen-bond acceptors (Lipinski definition) is 3. The minimum atomic E-state index is -0.182. The highest BCUT2D eigenvalue weighted by molar-refractivity contribution is 5.96. The molecule has 0 atom stereocenters. The van der Waals surface area contributed by atoms with Crippen LogP contribution in [0.1, 0.15) is 27.0 Å². The van der Waals surface area contributed by atoms with Gasteiger partial charge in [0.25, 0.3) is 5.91 Å². The van der Waals surface area contributed by atoms with Crippen LogP contribution in [-0.2, 0) is 19.6 Å². The van der Waals surface area contributed by atoms with Crippen molar-refractivity contribution in [2.75, 3.05) is 6.54 Å². The lowest BCUT2D eigenvalue weighted by Crippen LogP contribution is -2.25. The first-order valence-corrected chi connectivity index (χ1v) is 10.4. The van der Waals surface area contributed by atoms with E-state index in [9.17, 15) is 4.79 Å². The second-order valence-corrected chi connectivity index (χ2v) is 7.30. The fraction of sp³-hybridized carbons (Fsp3) is 0.154. The molecule has 156 valence electrons. The topological polar surface area (TPSA) is 56.2 Å². The van der Waals surface area contributed by atoms with E-state index in [0.717, 1.165) is 17.5 Å². The van der Waals surface area contributed by atoms with Crippen LogP contribution in [0.4, 0.5) is 0 Å². The average molecular weight is 412 g/mol. The first-order chi connectivity index (χ1) is 15.3. The molecule has 0 saturated heterocycles. The summed E-state index contributed by atoms with van der Waals surface area (Å²) in [7, 11) is 0. The van der Waals surface area contributed by atoms with Crippen LogP contribution in [0, 0.1) is 0 Å². The smallest absolute Gasteiger partial charge is 0.258 e. The SMILES string of the molecule is O=C(NCCc1ccccc1)c1cn(Cc2ccccc2)nc1OCc1ccccc1. The quantitative estimate of drug-likeness (QED) is 0.442. The third-order valence-corrected chi connectivity index (χ3v) is 4.92. The van der Waals surface area contributed by atoms with Gasteiger partial charge in [0.1, 0.15) is 12.2 Å². The number of nitrogens with zero attached hydrogens (tertiary/aromatic N) is 2. The van der Waals surface area contributed by atoms with E-state index in [1.807, 2.05) is 78.9 Å². The molecule has 4 aromatic rings. The van der Waals surface area contributed by atoms with Crippen molar-refractivity contribution in [1.29, 1.82) is 0 Å². The summed E-state index contributed by atoms with van der Waals surface area (Å²) in [5, 5.41) is 7.53. The van der Waals surface area contributed by atoms with Crippen LogP contribution >= 0.6 is 0 Å². The number of ether oxygens (including phenoxy) is 1. The van der Waals surface area contributed by atoms with Gasteiger partial charge in [-0.1, -0.05) is 91.0 Å². The minimum absolute atomic E-state index is 0.182. The molecule has 0 aliphatic heterocycles. The molecule has 0 radical (unpaired) electrons. The van der Waals surface area contributed by atoms with E-state index in [-0.39, 0.29) is 5.91 Å². The lowest BCUT2D eigenvalue weighted by Gasteiger charge is -2.07. The van der Waals surface area contributed by atoms with Crippen molar-refractivity contribution in [3.05, 3.63) is 119 Å². The average Bonchev–Trinajstić information content (AvgIpc) is 3.22. The van der Waals surface area contributed by atoms with E-state index in [2.05, 4.69) is 22.5 Å². The van der Waals surface area contributed by atoms with Crippen molar-refractivity contribution in [2.45, 2.75) is 19.6 Å². The van der Waals surface area contributed by atoms with Crippen LogP contribution in [0.25, 0.3) is 0 Å². The third kappa shape index (κ3) is 5.82. The number of hydrogen-bond donors (Lipinski definition) is 1. The van der Waals surface area contributed by atoms with Gasteiger partial charge in [-0.2, -0.15) is 0 Å². The molecule has 0 aliphatic carbocycles. The number of carbonyl (C=O) groups is 1. The third-order valence-electron chi connectivity index (χ3n) is 4.92. The fourth-order valence-corrected chi connectivity index (χ4v) is 3.30. The Morgan fingerprint density at radius 1 is 0.806 bits per heavy atom. The highest BCUT2D eigenvalue weighted by Gasteiger charge is 2.18. The van der Waals surface area contributed by atoms with Crippen molar-refractivity contribution >= 4 is 5.91 Å². The largest absolute Gasteiger partial charge is 0.471 e. The monoisotopic (exact) mass is 411 g/mol. The molecule has 0 bridgehead atoms. The molecule has 0 fully saturated rings. The zero-order chi connectivity index (χ0) is 21.3. The maximum atomic E-state index is 12.9. The Morgan fingerprint density at radius 3 is 2.03 bits per heavy atom. The predicted molar refractivity (Wildman–Crippen MR) is 121 cm³/mol. The Labute approximate surface area is 182 Å². The maximum Gasteiger partial charge on any atom is 0.258 e.